The lowest BCUT2D eigenvalue weighted by Crippen LogP contribution is -2.23. The van der Waals surface area contributed by atoms with Gasteiger partial charge in [0, 0.05) is 36.4 Å². The summed E-state index contributed by atoms with van der Waals surface area (Å²) in [6.07, 6.45) is 7.44. The SMILES string of the molecule is CCC(N)Cc1nccn1Cc1nccs1. The van der Waals surface area contributed by atoms with Gasteiger partial charge in [-0.15, -0.1) is 11.3 Å². The summed E-state index contributed by atoms with van der Waals surface area (Å²) >= 11 is 1.66. The van der Waals surface area contributed by atoms with Crippen molar-refractivity contribution in [3.05, 3.63) is 34.8 Å². The minimum absolute atomic E-state index is 0.192. The van der Waals surface area contributed by atoms with Crippen LogP contribution in [0.5, 0.6) is 0 Å². The summed E-state index contributed by atoms with van der Waals surface area (Å²) in [6.45, 7) is 2.89. The van der Waals surface area contributed by atoms with Gasteiger partial charge in [-0.3, -0.25) is 0 Å². The van der Waals surface area contributed by atoms with Crippen molar-refractivity contribution >= 4 is 11.3 Å². The third-order valence-electron chi connectivity index (χ3n) is 2.56. The van der Waals surface area contributed by atoms with E-state index in [0.717, 1.165) is 30.2 Å². The van der Waals surface area contributed by atoms with Crippen LogP contribution in [0.2, 0.25) is 0 Å². The maximum atomic E-state index is 5.94. The van der Waals surface area contributed by atoms with E-state index in [2.05, 4.69) is 21.5 Å². The molecule has 1 unspecified atom stereocenters. The Bertz CT molecular complexity index is 421. The molecule has 0 fully saturated rings. The average molecular weight is 236 g/mol. The molecule has 4 nitrogen and oxygen atoms in total. The fourth-order valence-corrected chi connectivity index (χ4v) is 2.14. The second kappa shape index (κ2) is 5.23. The predicted octanol–water partition coefficient (Wildman–Crippen LogP) is 1.67. The van der Waals surface area contributed by atoms with Crippen molar-refractivity contribution in [1.82, 2.24) is 14.5 Å². The van der Waals surface area contributed by atoms with Crippen molar-refractivity contribution in [2.45, 2.75) is 32.4 Å². The first-order valence-electron chi connectivity index (χ1n) is 5.43. The van der Waals surface area contributed by atoms with Gasteiger partial charge in [-0.05, 0) is 6.42 Å². The fourth-order valence-electron chi connectivity index (χ4n) is 1.53. The molecule has 0 radical (unpaired) electrons. The van der Waals surface area contributed by atoms with Gasteiger partial charge in [0.15, 0.2) is 0 Å². The molecule has 0 aliphatic heterocycles. The molecule has 0 bridgehead atoms. The lowest BCUT2D eigenvalue weighted by molar-refractivity contribution is 0.597. The highest BCUT2D eigenvalue weighted by atomic mass is 32.1. The molecule has 1 atom stereocenters. The molecule has 16 heavy (non-hydrogen) atoms. The van der Waals surface area contributed by atoms with Gasteiger partial charge in [0.05, 0.1) is 6.54 Å². The maximum Gasteiger partial charge on any atom is 0.112 e. The maximum absolute atomic E-state index is 5.94. The third-order valence-corrected chi connectivity index (χ3v) is 3.32. The van der Waals surface area contributed by atoms with Gasteiger partial charge >= 0.3 is 0 Å². The smallest absolute Gasteiger partial charge is 0.112 e. The second-order valence-electron chi connectivity index (χ2n) is 3.77. The number of aromatic nitrogens is 3. The zero-order chi connectivity index (χ0) is 11.4. The Kier molecular flexibility index (Phi) is 3.69. The van der Waals surface area contributed by atoms with E-state index in [-0.39, 0.29) is 6.04 Å². The van der Waals surface area contributed by atoms with E-state index in [4.69, 9.17) is 5.73 Å². The van der Waals surface area contributed by atoms with Crippen molar-refractivity contribution in [3.63, 3.8) is 0 Å². The lowest BCUT2D eigenvalue weighted by Gasteiger charge is -2.10. The van der Waals surface area contributed by atoms with Crippen LogP contribution >= 0.6 is 11.3 Å². The van der Waals surface area contributed by atoms with Crippen molar-refractivity contribution in [1.29, 1.82) is 0 Å². The van der Waals surface area contributed by atoms with Gasteiger partial charge < -0.3 is 10.3 Å². The first-order valence-corrected chi connectivity index (χ1v) is 6.31. The number of hydrogen-bond donors (Lipinski definition) is 1. The van der Waals surface area contributed by atoms with Crippen molar-refractivity contribution in [2.24, 2.45) is 5.73 Å². The Morgan fingerprint density at radius 3 is 3.00 bits per heavy atom. The predicted molar refractivity (Wildman–Crippen MR) is 65.4 cm³/mol. The van der Waals surface area contributed by atoms with Crippen LogP contribution in [0.25, 0.3) is 0 Å². The van der Waals surface area contributed by atoms with E-state index in [0.29, 0.717) is 0 Å². The van der Waals surface area contributed by atoms with Gasteiger partial charge in [0.1, 0.15) is 10.8 Å². The molecule has 0 aliphatic carbocycles. The molecule has 2 rings (SSSR count). The summed E-state index contributed by atoms with van der Waals surface area (Å²) in [5.74, 6) is 1.05. The van der Waals surface area contributed by atoms with Gasteiger partial charge in [0.25, 0.3) is 0 Å². The first-order chi connectivity index (χ1) is 7.79. The van der Waals surface area contributed by atoms with Gasteiger partial charge in [0.2, 0.25) is 0 Å². The Balaban J connectivity index is 2.07. The fraction of sp³-hybridized carbons (Fsp3) is 0.455. The molecular weight excluding hydrogens is 220 g/mol. The third kappa shape index (κ3) is 2.68. The molecule has 0 amide bonds. The molecule has 5 heteroatoms. The quantitative estimate of drug-likeness (QED) is 0.859. The summed E-state index contributed by atoms with van der Waals surface area (Å²) in [5, 5.41) is 3.09. The van der Waals surface area contributed by atoms with Gasteiger partial charge in [-0.25, -0.2) is 9.97 Å². The first kappa shape index (κ1) is 11.3. The molecule has 2 N–H and O–H groups in total. The summed E-state index contributed by atoms with van der Waals surface area (Å²) in [7, 11) is 0. The zero-order valence-corrected chi connectivity index (χ0v) is 10.2. The summed E-state index contributed by atoms with van der Waals surface area (Å²) in [5.41, 5.74) is 5.94. The van der Waals surface area contributed by atoms with Crippen LogP contribution in [0.1, 0.15) is 24.2 Å². The normalized spacial score (nSPS) is 12.9. The molecule has 2 heterocycles. The van der Waals surface area contributed by atoms with Crippen molar-refractivity contribution < 1.29 is 0 Å². The summed E-state index contributed by atoms with van der Waals surface area (Å²) in [6, 6.07) is 0.192. The highest BCUT2D eigenvalue weighted by Gasteiger charge is 2.08. The van der Waals surface area contributed by atoms with Crippen LogP contribution < -0.4 is 5.73 Å². The minimum Gasteiger partial charge on any atom is -0.328 e. The molecule has 0 saturated carbocycles. The Morgan fingerprint density at radius 1 is 1.44 bits per heavy atom. The van der Waals surface area contributed by atoms with Crippen LogP contribution in [0.3, 0.4) is 0 Å². The Morgan fingerprint density at radius 2 is 2.31 bits per heavy atom. The van der Waals surface area contributed by atoms with Crippen molar-refractivity contribution in [3.8, 4) is 0 Å². The number of hydrogen-bond acceptors (Lipinski definition) is 4. The molecule has 0 spiro atoms. The molecule has 2 aromatic heterocycles. The molecular formula is C11H16N4S. The molecule has 86 valence electrons. The summed E-state index contributed by atoms with van der Waals surface area (Å²) in [4.78, 5) is 8.61. The monoisotopic (exact) mass is 236 g/mol. The van der Waals surface area contributed by atoms with Crippen LogP contribution in [-0.4, -0.2) is 20.6 Å². The summed E-state index contributed by atoms with van der Waals surface area (Å²) < 4.78 is 2.12. The Hall–Kier alpha value is -1.20. The molecule has 2 aromatic rings. The number of nitrogens with two attached hydrogens (primary N) is 1. The largest absolute Gasteiger partial charge is 0.328 e. The highest BCUT2D eigenvalue weighted by Crippen LogP contribution is 2.09. The number of thiazole rings is 1. The van der Waals surface area contributed by atoms with Crippen LogP contribution in [-0.2, 0) is 13.0 Å². The van der Waals surface area contributed by atoms with E-state index in [9.17, 15) is 0 Å². The van der Waals surface area contributed by atoms with Crippen LogP contribution in [0, 0.1) is 0 Å². The number of imidazole rings is 1. The van der Waals surface area contributed by atoms with Crippen LogP contribution in [0.15, 0.2) is 24.0 Å². The average Bonchev–Trinajstić information content (AvgIpc) is 2.92. The standard InChI is InChI=1S/C11H16N4S/c1-2-9(12)7-10-13-3-5-15(10)8-11-14-4-6-16-11/h3-6,9H,2,7-8,12H2,1H3. The highest BCUT2D eigenvalue weighted by molar-refractivity contribution is 7.09. The van der Waals surface area contributed by atoms with Crippen LogP contribution in [0.4, 0.5) is 0 Å². The van der Waals surface area contributed by atoms with E-state index in [1.54, 1.807) is 11.3 Å². The van der Waals surface area contributed by atoms with Crippen molar-refractivity contribution in [2.75, 3.05) is 0 Å². The number of rotatable bonds is 5. The molecule has 0 saturated heterocycles. The van der Waals surface area contributed by atoms with E-state index < -0.39 is 0 Å². The number of nitrogens with zero attached hydrogens (tertiary/aromatic N) is 3. The molecule has 0 aromatic carbocycles. The second-order valence-corrected chi connectivity index (χ2v) is 4.75. The van der Waals surface area contributed by atoms with E-state index in [1.165, 1.54) is 0 Å². The zero-order valence-electron chi connectivity index (χ0n) is 9.34. The lowest BCUT2D eigenvalue weighted by atomic mass is 10.1. The topological polar surface area (TPSA) is 56.7 Å². The molecule has 0 aliphatic rings. The van der Waals surface area contributed by atoms with E-state index >= 15 is 0 Å². The van der Waals surface area contributed by atoms with E-state index in [1.807, 2.05) is 24.0 Å². The Labute approximate surface area is 99.2 Å². The van der Waals surface area contributed by atoms with Gasteiger partial charge in [-0.2, -0.15) is 0 Å². The van der Waals surface area contributed by atoms with Gasteiger partial charge in [-0.1, -0.05) is 6.92 Å². The minimum atomic E-state index is 0.192.